The normalized spacial score (nSPS) is 10.8. The van der Waals surface area contributed by atoms with Gasteiger partial charge in [0.2, 0.25) is 0 Å². The summed E-state index contributed by atoms with van der Waals surface area (Å²) >= 11 is 0. The SMILES string of the molecule is CC(C)(C)c1ccccc1Nc1ccnc(C(=O)Nc2ccccc2C#N)c1. The first-order valence-corrected chi connectivity index (χ1v) is 9.01. The predicted octanol–water partition coefficient (Wildman–Crippen LogP) is 5.25. The highest BCUT2D eigenvalue weighted by molar-refractivity contribution is 6.04. The number of rotatable bonds is 4. The van der Waals surface area contributed by atoms with E-state index in [2.05, 4.69) is 48.5 Å². The zero-order chi connectivity index (χ0) is 20.1. The molecule has 3 aromatic rings. The number of para-hydroxylation sites is 2. The third kappa shape index (κ3) is 4.36. The molecule has 0 aliphatic carbocycles. The second kappa shape index (κ2) is 7.93. The summed E-state index contributed by atoms with van der Waals surface area (Å²) in [5.41, 5.74) is 4.06. The number of nitriles is 1. The monoisotopic (exact) mass is 370 g/mol. The molecule has 0 saturated carbocycles. The van der Waals surface area contributed by atoms with Crippen LogP contribution in [-0.4, -0.2) is 10.9 Å². The van der Waals surface area contributed by atoms with Crippen LogP contribution in [0.4, 0.5) is 17.1 Å². The van der Waals surface area contributed by atoms with Gasteiger partial charge in [0.25, 0.3) is 5.91 Å². The van der Waals surface area contributed by atoms with Gasteiger partial charge in [-0.25, -0.2) is 0 Å². The number of nitrogens with one attached hydrogen (secondary N) is 2. The fourth-order valence-corrected chi connectivity index (χ4v) is 2.91. The number of pyridine rings is 1. The maximum absolute atomic E-state index is 12.6. The third-order valence-electron chi connectivity index (χ3n) is 4.30. The topological polar surface area (TPSA) is 77.8 Å². The van der Waals surface area contributed by atoms with E-state index in [1.165, 1.54) is 5.56 Å². The molecule has 5 nitrogen and oxygen atoms in total. The van der Waals surface area contributed by atoms with Crippen molar-refractivity contribution in [1.82, 2.24) is 4.98 Å². The molecule has 0 unspecified atom stereocenters. The molecule has 1 aromatic heterocycles. The Bertz CT molecular complexity index is 1040. The van der Waals surface area contributed by atoms with E-state index in [0.29, 0.717) is 11.3 Å². The summed E-state index contributed by atoms with van der Waals surface area (Å²) in [7, 11) is 0. The van der Waals surface area contributed by atoms with Crippen LogP contribution in [0.1, 0.15) is 42.4 Å². The van der Waals surface area contributed by atoms with Gasteiger partial charge in [-0.3, -0.25) is 9.78 Å². The van der Waals surface area contributed by atoms with E-state index in [0.717, 1.165) is 11.4 Å². The molecular weight excluding hydrogens is 348 g/mol. The maximum Gasteiger partial charge on any atom is 0.274 e. The van der Waals surface area contributed by atoms with E-state index < -0.39 is 0 Å². The van der Waals surface area contributed by atoms with Gasteiger partial charge in [-0.05, 0) is 41.3 Å². The molecule has 5 heteroatoms. The van der Waals surface area contributed by atoms with Crippen LogP contribution in [0.5, 0.6) is 0 Å². The van der Waals surface area contributed by atoms with Crippen LogP contribution < -0.4 is 10.6 Å². The lowest BCUT2D eigenvalue weighted by Gasteiger charge is -2.23. The van der Waals surface area contributed by atoms with E-state index in [9.17, 15) is 10.1 Å². The molecule has 2 N–H and O–H groups in total. The van der Waals surface area contributed by atoms with Gasteiger partial charge in [-0.1, -0.05) is 51.1 Å². The van der Waals surface area contributed by atoms with Crippen LogP contribution in [0.25, 0.3) is 0 Å². The Labute approximate surface area is 165 Å². The van der Waals surface area contributed by atoms with E-state index in [-0.39, 0.29) is 17.0 Å². The fourth-order valence-electron chi connectivity index (χ4n) is 2.91. The van der Waals surface area contributed by atoms with Crippen molar-refractivity contribution in [3.05, 3.63) is 83.7 Å². The van der Waals surface area contributed by atoms with E-state index in [1.54, 1.807) is 36.5 Å². The first kappa shape index (κ1) is 19.1. The van der Waals surface area contributed by atoms with Gasteiger partial charge in [-0.15, -0.1) is 0 Å². The van der Waals surface area contributed by atoms with Crippen molar-refractivity contribution in [3.8, 4) is 6.07 Å². The van der Waals surface area contributed by atoms with Crippen LogP contribution in [0.2, 0.25) is 0 Å². The summed E-state index contributed by atoms with van der Waals surface area (Å²) in [5.74, 6) is -0.365. The zero-order valence-electron chi connectivity index (χ0n) is 16.2. The lowest BCUT2D eigenvalue weighted by atomic mass is 9.86. The standard InChI is InChI=1S/C23H22N4O/c1-23(2,3)18-9-5-7-11-20(18)26-17-12-13-25-21(14-17)22(28)27-19-10-6-4-8-16(19)15-24/h4-14H,1-3H3,(H,25,26)(H,27,28). The molecule has 2 aromatic carbocycles. The first-order valence-electron chi connectivity index (χ1n) is 9.01. The maximum atomic E-state index is 12.6. The number of nitrogens with zero attached hydrogens (tertiary/aromatic N) is 2. The highest BCUT2D eigenvalue weighted by Crippen LogP contribution is 2.31. The molecule has 0 fully saturated rings. The fraction of sp³-hybridized carbons (Fsp3) is 0.174. The lowest BCUT2D eigenvalue weighted by molar-refractivity contribution is 0.102. The minimum absolute atomic E-state index is 0.0160. The molecule has 140 valence electrons. The highest BCUT2D eigenvalue weighted by atomic mass is 16.1. The summed E-state index contributed by atoms with van der Waals surface area (Å²) in [5, 5.41) is 15.3. The van der Waals surface area contributed by atoms with Gasteiger partial charge >= 0.3 is 0 Å². The average Bonchev–Trinajstić information content (AvgIpc) is 2.68. The van der Waals surface area contributed by atoms with Gasteiger partial charge < -0.3 is 10.6 Å². The average molecular weight is 370 g/mol. The molecule has 0 aliphatic heterocycles. The predicted molar refractivity (Wildman–Crippen MR) is 112 cm³/mol. The number of carbonyl (C=O) groups excluding carboxylic acids is 1. The quantitative estimate of drug-likeness (QED) is 0.658. The van der Waals surface area contributed by atoms with Crippen LogP contribution >= 0.6 is 0 Å². The van der Waals surface area contributed by atoms with Crippen molar-refractivity contribution in [2.45, 2.75) is 26.2 Å². The first-order chi connectivity index (χ1) is 13.4. The lowest BCUT2D eigenvalue weighted by Crippen LogP contribution is -2.15. The van der Waals surface area contributed by atoms with E-state index in [1.807, 2.05) is 24.3 Å². The number of hydrogen-bond donors (Lipinski definition) is 2. The van der Waals surface area contributed by atoms with Crippen molar-refractivity contribution < 1.29 is 4.79 Å². The second-order valence-electron chi connectivity index (χ2n) is 7.46. The molecular formula is C23H22N4O. The Kier molecular flexibility index (Phi) is 5.42. The highest BCUT2D eigenvalue weighted by Gasteiger charge is 2.18. The third-order valence-corrected chi connectivity index (χ3v) is 4.30. The molecule has 0 bridgehead atoms. The number of amides is 1. The molecule has 0 aliphatic rings. The van der Waals surface area contributed by atoms with Crippen molar-refractivity contribution >= 4 is 23.0 Å². The van der Waals surface area contributed by atoms with Crippen LogP contribution in [0, 0.1) is 11.3 Å². The van der Waals surface area contributed by atoms with Gasteiger partial charge in [-0.2, -0.15) is 5.26 Å². The summed E-state index contributed by atoms with van der Waals surface area (Å²) in [4.78, 5) is 16.8. The van der Waals surface area contributed by atoms with Gasteiger partial charge in [0.15, 0.2) is 0 Å². The number of carbonyl (C=O) groups is 1. The molecule has 3 rings (SSSR count). The summed E-state index contributed by atoms with van der Waals surface area (Å²) in [6, 6.07) is 20.6. The number of anilines is 3. The van der Waals surface area contributed by atoms with Crippen LogP contribution in [0.15, 0.2) is 66.9 Å². The van der Waals surface area contributed by atoms with Gasteiger partial charge in [0, 0.05) is 17.6 Å². The summed E-state index contributed by atoms with van der Waals surface area (Å²) in [6.07, 6.45) is 1.59. The zero-order valence-corrected chi connectivity index (χ0v) is 16.2. The minimum atomic E-state index is -0.365. The molecule has 1 amide bonds. The van der Waals surface area contributed by atoms with Crippen molar-refractivity contribution in [2.75, 3.05) is 10.6 Å². The summed E-state index contributed by atoms with van der Waals surface area (Å²) < 4.78 is 0. The molecule has 0 saturated heterocycles. The smallest absolute Gasteiger partial charge is 0.274 e. The number of benzene rings is 2. The Balaban J connectivity index is 1.84. The molecule has 1 heterocycles. The molecule has 0 spiro atoms. The van der Waals surface area contributed by atoms with Crippen molar-refractivity contribution in [2.24, 2.45) is 0 Å². The van der Waals surface area contributed by atoms with Gasteiger partial charge in [0.1, 0.15) is 11.8 Å². The molecule has 0 radical (unpaired) electrons. The Morgan fingerprint density at radius 3 is 2.39 bits per heavy atom. The van der Waals surface area contributed by atoms with Crippen molar-refractivity contribution in [3.63, 3.8) is 0 Å². The van der Waals surface area contributed by atoms with Gasteiger partial charge in [0.05, 0.1) is 11.3 Å². The number of aromatic nitrogens is 1. The van der Waals surface area contributed by atoms with Crippen LogP contribution in [-0.2, 0) is 5.41 Å². The van der Waals surface area contributed by atoms with E-state index >= 15 is 0 Å². The number of hydrogen-bond acceptors (Lipinski definition) is 4. The van der Waals surface area contributed by atoms with E-state index in [4.69, 9.17) is 0 Å². The molecule has 28 heavy (non-hydrogen) atoms. The van der Waals surface area contributed by atoms with Crippen LogP contribution in [0.3, 0.4) is 0 Å². The van der Waals surface area contributed by atoms with Crippen molar-refractivity contribution in [1.29, 1.82) is 5.26 Å². The Morgan fingerprint density at radius 2 is 1.68 bits per heavy atom. The Hall–Kier alpha value is -3.65. The second-order valence-corrected chi connectivity index (χ2v) is 7.46. The largest absolute Gasteiger partial charge is 0.355 e. The molecule has 0 atom stereocenters. The Morgan fingerprint density at radius 1 is 1.00 bits per heavy atom. The minimum Gasteiger partial charge on any atom is -0.355 e. The summed E-state index contributed by atoms with van der Waals surface area (Å²) in [6.45, 7) is 6.47.